The van der Waals surface area contributed by atoms with Crippen LogP contribution >= 0.6 is 0 Å². The van der Waals surface area contributed by atoms with Crippen molar-refractivity contribution in [2.45, 2.75) is 26.3 Å². The van der Waals surface area contributed by atoms with Gasteiger partial charge < -0.3 is 15.2 Å². The van der Waals surface area contributed by atoms with Gasteiger partial charge in [-0.3, -0.25) is 0 Å². The Balaban J connectivity index is 2.28. The molecule has 15 heavy (non-hydrogen) atoms. The summed E-state index contributed by atoms with van der Waals surface area (Å²) in [6, 6.07) is -0.150. The Kier molecular flexibility index (Phi) is 4.66. The fraction of sp³-hybridized carbons (Fsp3) is 0.600. The van der Waals surface area contributed by atoms with E-state index in [0.29, 0.717) is 6.54 Å². The number of nitrogens with one attached hydrogen (secondary N) is 2. The molecule has 5 nitrogen and oxygen atoms in total. The smallest absolute Gasteiger partial charge is 0.314 e. The van der Waals surface area contributed by atoms with E-state index in [1.54, 1.807) is 7.05 Å². The Labute approximate surface area is 89.9 Å². The highest BCUT2D eigenvalue weighted by molar-refractivity contribution is 5.73. The van der Waals surface area contributed by atoms with E-state index in [1.807, 2.05) is 12.5 Å². The second-order valence-electron chi connectivity index (χ2n) is 3.36. The summed E-state index contributed by atoms with van der Waals surface area (Å²) in [5, 5.41) is 5.22. The third kappa shape index (κ3) is 4.01. The van der Waals surface area contributed by atoms with Crippen molar-refractivity contribution in [2.24, 2.45) is 0 Å². The fourth-order valence-corrected chi connectivity index (χ4v) is 1.31. The number of carbonyl (C=O) groups is 1. The number of aryl methyl sites for hydroxylation is 1. The molecule has 0 bridgehead atoms. The highest BCUT2D eigenvalue weighted by Gasteiger charge is 1.99. The molecule has 5 heteroatoms. The lowest BCUT2D eigenvalue weighted by Crippen LogP contribution is -2.34. The molecule has 2 amide bonds. The van der Waals surface area contributed by atoms with Crippen molar-refractivity contribution in [3.8, 4) is 0 Å². The molecule has 1 rings (SSSR count). The molecule has 1 heterocycles. The maximum atomic E-state index is 10.9. The Morgan fingerprint density at radius 1 is 1.60 bits per heavy atom. The lowest BCUT2D eigenvalue weighted by molar-refractivity contribution is 0.243. The third-order valence-corrected chi connectivity index (χ3v) is 2.06. The standard InChI is InChI=1S/C10H18N4O/c1-3-6-14-7-9(13-8-14)4-5-12-10(15)11-2/h7-8H,3-6H2,1-2H3,(H2,11,12,15). The maximum Gasteiger partial charge on any atom is 0.314 e. The molecule has 0 fully saturated rings. The summed E-state index contributed by atoms with van der Waals surface area (Å²) in [6.45, 7) is 3.74. The average molecular weight is 210 g/mol. The van der Waals surface area contributed by atoms with Crippen LogP contribution in [-0.2, 0) is 13.0 Å². The molecule has 0 saturated carbocycles. The lowest BCUT2D eigenvalue weighted by Gasteiger charge is -2.01. The second kappa shape index (κ2) is 6.06. The zero-order valence-electron chi connectivity index (χ0n) is 9.29. The minimum atomic E-state index is -0.150. The van der Waals surface area contributed by atoms with Crippen molar-refractivity contribution in [1.29, 1.82) is 0 Å². The molecule has 0 aliphatic rings. The van der Waals surface area contributed by atoms with E-state index in [9.17, 15) is 4.79 Å². The van der Waals surface area contributed by atoms with Gasteiger partial charge in [-0.05, 0) is 6.42 Å². The van der Waals surface area contributed by atoms with Gasteiger partial charge in [0, 0.05) is 32.8 Å². The van der Waals surface area contributed by atoms with Gasteiger partial charge in [0.2, 0.25) is 0 Å². The molecular formula is C10H18N4O. The van der Waals surface area contributed by atoms with Crippen LogP contribution in [0.15, 0.2) is 12.5 Å². The summed E-state index contributed by atoms with van der Waals surface area (Å²) in [4.78, 5) is 15.1. The van der Waals surface area contributed by atoms with Crippen LogP contribution in [0.3, 0.4) is 0 Å². The van der Waals surface area contributed by atoms with Crippen molar-refractivity contribution < 1.29 is 4.79 Å². The number of hydrogen-bond acceptors (Lipinski definition) is 2. The quantitative estimate of drug-likeness (QED) is 0.754. The second-order valence-corrected chi connectivity index (χ2v) is 3.36. The van der Waals surface area contributed by atoms with Crippen molar-refractivity contribution in [2.75, 3.05) is 13.6 Å². The van der Waals surface area contributed by atoms with Gasteiger partial charge in [0.05, 0.1) is 12.0 Å². The summed E-state index contributed by atoms with van der Waals surface area (Å²) in [6.07, 6.45) is 5.73. The fourth-order valence-electron chi connectivity index (χ4n) is 1.31. The minimum absolute atomic E-state index is 0.150. The van der Waals surface area contributed by atoms with Crippen molar-refractivity contribution >= 4 is 6.03 Å². The van der Waals surface area contributed by atoms with Crippen LogP contribution in [0.4, 0.5) is 4.79 Å². The largest absolute Gasteiger partial charge is 0.341 e. The predicted octanol–water partition coefficient (Wildman–Crippen LogP) is 0.765. The van der Waals surface area contributed by atoms with E-state index in [0.717, 1.165) is 25.1 Å². The molecule has 84 valence electrons. The average Bonchev–Trinajstić information content (AvgIpc) is 2.66. The topological polar surface area (TPSA) is 59.0 Å². The number of urea groups is 1. The number of rotatable bonds is 5. The lowest BCUT2D eigenvalue weighted by atomic mass is 10.3. The highest BCUT2D eigenvalue weighted by atomic mass is 16.2. The first kappa shape index (κ1) is 11.6. The van der Waals surface area contributed by atoms with E-state index in [4.69, 9.17) is 0 Å². The molecule has 2 N–H and O–H groups in total. The first-order valence-corrected chi connectivity index (χ1v) is 5.22. The summed E-state index contributed by atoms with van der Waals surface area (Å²) in [5.74, 6) is 0. The van der Waals surface area contributed by atoms with Gasteiger partial charge in [-0.25, -0.2) is 9.78 Å². The first-order chi connectivity index (χ1) is 7.26. The molecule has 1 aromatic heterocycles. The zero-order valence-corrected chi connectivity index (χ0v) is 9.29. The van der Waals surface area contributed by atoms with E-state index >= 15 is 0 Å². The SMILES string of the molecule is CCCn1cnc(CCNC(=O)NC)c1. The van der Waals surface area contributed by atoms with Gasteiger partial charge in [0.25, 0.3) is 0 Å². The van der Waals surface area contributed by atoms with Gasteiger partial charge in [0.1, 0.15) is 0 Å². The van der Waals surface area contributed by atoms with Crippen LogP contribution in [0.2, 0.25) is 0 Å². The van der Waals surface area contributed by atoms with Gasteiger partial charge >= 0.3 is 6.03 Å². The Morgan fingerprint density at radius 3 is 3.07 bits per heavy atom. The van der Waals surface area contributed by atoms with Crippen LogP contribution in [-0.4, -0.2) is 29.2 Å². The van der Waals surface area contributed by atoms with E-state index in [-0.39, 0.29) is 6.03 Å². The first-order valence-electron chi connectivity index (χ1n) is 5.22. The molecule has 0 aromatic carbocycles. The van der Waals surface area contributed by atoms with Gasteiger partial charge in [-0.1, -0.05) is 6.92 Å². The molecule has 0 saturated heterocycles. The summed E-state index contributed by atoms with van der Waals surface area (Å²) in [5.41, 5.74) is 1.01. The normalized spacial score (nSPS) is 10.0. The van der Waals surface area contributed by atoms with Crippen LogP contribution in [0.5, 0.6) is 0 Å². The molecule has 0 radical (unpaired) electrons. The summed E-state index contributed by atoms with van der Waals surface area (Å²) >= 11 is 0. The van der Waals surface area contributed by atoms with E-state index < -0.39 is 0 Å². The summed E-state index contributed by atoms with van der Waals surface area (Å²) < 4.78 is 2.06. The molecule has 1 aromatic rings. The van der Waals surface area contributed by atoms with Crippen molar-refractivity contribution in [3.63, 3.8) is 0 Å². The van der Waals surface area contributed by atoms with Crippen LogP contribution in [0, 0.1) is 0 Å². The predicted molar refractivity (Wildman–Crippen MR) is 58.7 cm³/mol. The van der Waals surface area contributed by atoms with E-state index in [2.05, 4.69) is 27.1 Å². The van der Waals surface area contributed by atoms with E-state index in [1.165, 1.54) is 0 Å². The number of hydrogen-bond donors (Lipinski definition) is 2. The van der Waals surface area contributed by atoms with Gasteiger partial charge in [0.15, 0.2) is 0 Å². The number of aromatic nitrogens is 2. The minimum Gasteiger partial charge on any atom is -0.341 e. The van der Waals surface area contributed by atoms with Crippen LogP contribution < -0.4 is 10.6 Å². The molecule has 0 spiro atoms. The summed E-state index contributed by atoms with van der Waals surface area (Å²) in [7, 11) is 1.60. The Hall–Kier alpha value is -1.52. The monoisotopic (exact) mass is 210 g/mol. The molecule has 0 atom stereocenters. The van der Waals surface area contributed by atoms with Gasteiger partial charge in [-0.15, -0.1) is 0 Å². The molecule has 0 aliphatic heterocycles. The van der Waals surface area contributed by atoms with Crippen molar-refractivity contribution in [1.82, 2.24) is 20.2 Å². The molecule has 0 unspecified atom stereocenters. The number of nitrogens with zero attached hydrogens (tertiary/aromatic N) is 2. The maximum absolute atomic E-state index is 10.9. The highest BCUT2D eigenvalue weighted by Crippen LogP contribution is 1.97. The van der Waals surface area contributed by atoms with Crippen molar-refractivity contribution in [3.05, 3.63) is 18.2 Å². The molecular weight excluding hydrogens is 192 g/mol. The number of imidazole rings is 1. The number of carbonyl (C=O) groups excluding carboxylic acids is 1. The Morgan fingerprint density at radius 2 is 2.40 bits per heavy atom. The zero-order chi connectivity index (χ0) is 11.1. The van der Waals surface area contributed by atoms with Gasteiger partial charge in [-0.2, -0.15) is 0 Å². The van der Waals surface area contributed by atoms with Crippen LogP contribution in [0.25, 0.3) is 0 Å². The third-order valence-electron chi connectivity index (χ3n) is 2.06. The van der Waals surface area contributed by atoms with Crippen LogP contribution in [0.1, 0.15) is 19.0 Å². The molecule has 0 aliphatic carbocycles. The Bertz CT molecular complexity index is 308. The number of amides is 2.